The van der Waals surface area contributed by atoms with Crippen molar-refractivity contribution in [3.63, 3.8) is 0 Å². The summed E-state index contributed by atoms with van der Waals surface area (Å²) in [6, 6.07) is 0. The molecule has 30 heavy (non-hydrogen) atoms. The minimum atomic E-state index is -0.448. The number of aliphatic imine (C=N–C) groups is 1. The molecule has 0 aliphatic carbocycles. The molecule has 8 nitrogen and oxygen atoms in total. The monoisotopic (exact) mass is 552 g/mol. The molecule has 2 N–H and O–H groups in total. The number of amides is 1. The third-order valence-electron chi connectivity index (χ3n) is 4.47. The maximum absolute atomic E-state index is 12.2. The fourth-order valence-corrected chi connectivity index (χ4v) is 3.89. The van der Waals surface area contributed by atoms with Crippen LogP contribution in [0.1, 0.15) is 43.3 Å². The Morgan fingerprint density at radius 1 is 1.20 bits per heavy atom. The highest BCUT2D eigenvalue weighted by Gasteiger charge is 2.25. The third kappa shape index (κ3) is 9.34. The van der Waals surface area contributed by atoms with Crippen molar-refractivity contribution in [1.82, 2.24) is 25.4 Å². The number of carbonyl (C=O) groups excluding carboxylic acids is 1. The molecule has 0 bridgehead atoms. The topological polar surface area (TPSA) is 82.1 Å². The highest BCUT2D eigenvalue weighted by atomic mass is 127. The lowest BCUT2D eigenvalue weighted by Crippen LogP contribution is -2.51. The molecule has 0 saturated carbocycles. The van der Waals surface area contributed by atoms with Gasteiger partial charge in [0.15, 0.2) is 5.96 Å². The molecule has 0 radical (unpaired) electrons. The number of hydrogen-bond acceptors (Lipinski definition) is 6. The average Bonchev–Trinajstić information content (AvgIpc) is 2.96. The molecule has 0 unspecified atom stereocenters. The zero-order valence-corrected chi connectivity index (χ0v) is 22.2. The zero-order valence-electron chi connectivity index (χ0n) is 19.1. The number of aryl methyl sites for hydroxylation is 2. The van der Waals surface area contributed by atoms with Crippen molar-refractivity contribution >= 4 is 47.4 Å². The first-order valence-electron chi connectivity index (χ1n) is 10.3. The Morgan fingerprint density at radius 3 is 2.40 bits per heavy atom. The molecule has 1 saturated heterocycles. The number of ether oxygens (including phenoxy) is 1. The summed E-state index contributed by atoms with van der Waals surface area (Å²) in [5, 5.41) is 7.78. The van der Waals surface area contributed by atoms with Crippen LogP contribution >= 0.6 is 35.3 Å². The van der Waals surface area contributed by atoms with Crippen LogP contribution in [0.4, 0.5) is 4.79 Å². The van der Waals surface area contributed by atoms with Gasteiger partial charge >= 0.3 is 6.09 Å². The molecule has 1 fully saturated rings. The third-order valence-corrected chi connectivity index (χ3v) is 5.53. The van der Waals surface area contributed by atoms with Crippen LogP contribution in [0.5, 0.6) is 0 Å². The standard InChI is InChI=1S/C20H36N6O2S.HI/c1-7-21-18(23-14-17-15(2)24-16(3)29-17)22-8-9-25-10-12-26(13-11-25)19(27)28-20(4,5)6;/h7-14H2,1-6H3,(H2,21,22,23);1H. The van der Waals surface area contributed by atoms with Gasteiger partial charge in [0, 0.05) is 50.7 Å². The van der Waals surface area contributed by atoms with Crippen LogP contribution in [0.15, 0.2) is 4.99 Å². The Kier molecular flexibility index (Phi) is 11.3. The SMILES string of the molecule is CCNC(=NCc1sc(C)nc1C)NCCN1CCN(C(=O)OC(C)(C)C)CC1.I. The molecule has 1 aliphatic rings. The van der Waals surface area contributed by atoms with Gasteiger partial charge in [0.1, 0.15) is 5.60 Å². The van der Waals surface area contributed by atoms with Crippen LogP contribution in [0.25, 0.3) is 0 Å². The number of guanidine groups is 1. The Labute approximate surface area is 201 Å². The number of carbonyl (C=O) groups is 1. The van der Waals surface area contributed by atoms with Crippen molar-refractivity contribution in [1.29, 1.82) is 0 Å². The second-order valence-electron chi connectivity index (χ2n) is 8.17. The lowest BCUT2D eigenvalue weighted by molar-refractivity contribution is 0.0147. The molecule has 10 heteroatoms. The van der Waals surface area contributed by atoms with Crippen LogP contribution in [-0.2, 0) is 11.3 Å². The maximum atomic E-state index is 12.2. The summed E-state index contributed by atoms with van der Waals surface area (Å²) >= 11 is 1.70. The van der Waals surface area contributed by atoms with Gasteiger partial charge in [-0.3, -0.25) is 4.90 Å². The van der Waals surface area contributed by atoms with Gasteiger partial charge in [-0.05, 0) is 41.5 Å². The largest absolute Gasteiger partial charge is 0.444 e. The van der Waals surface area contributed by atoms with E-state index in [1.807, 2.05) is 34.6 Å². The van der Waals surface area contributed by atoms with Crippen LogP contribution in [0.3, 0.4) is 0 Å². The predicted molar refractivity (Wildman–Crippen MR) is 134 cm³/mol. The van der Waals surface area contributed by atoms with E-state index in [0.29, 0.717) is 19.6 Å². The minimum absolute atomic E-state index is 0. The van der Waals surface area contributed by atoms with Crippen molar-refractivity contribution in [3.8, 4) is 0 Å². The number of hydrogen-bond donors (Lipinski definition) is 2. The Morgan fingerprint density at radius 2 is 1.87 bits per heavy atom. The molecule has 0 spiro atoms. The highest BCUT2D eigenvalue weighted by molar-refractivity contribution is 14.0. The average molecular weight is 553 g/mol. The first-order valence-corrected chi connectivity index (χ1v) is 11.1. The normalized spacial score (nSPS) is 15.5. The van der Waals surface area contributed by atoms with Crippen LogP contribution in [0, 0.1) is 13.8 Å². The summed E-state index contributed by atoms with van der Waals surface area (Å²) in [5.41, 5.74) is 0.617. The van der Waals surface area contributed by atoms with Crippen molar-refractivity contribution in [2.45, 2.75) is 53.7 Å². The fourth-order valence-electron chi connectivity index (χ4n) is 3.03. The number of halogens is 1. The van der Waals surface area contributed by atoms with Gasteiger partial charge in [0.25, 0.3) is 0 Å². The molecule has 1 aliphatic heterocycles. The van der Waals surface area contributed by atoms with E-state index in [2.05, 4.69) is 32.4 Å². The Balaban J connectivity index is 0.00000450. The molecule has 1 amide bonds. The summed E-state index contributed by atoms with van der Waals surface area (Å²) in [4.78, 5) is 26.7. The van der Waals surface area contributed by atoms with E-state index >= 15 is 0 Å². The molecular weight excluding hydrogens is 515 g/mol. The molecule has 1 aromatic rings. The van der Waals surface area contributed by atoms with Crippen molar-refractivity contribution in [3.05, 3.63) is 15.6 Å². The molecule has 2 rings (SSSR count). The van der Waals surface area contributed by atoms with E-state index in [0.717, 1.165) is 49.4 Å². The molecule has 172 valence electrons. The Hall–Kier alpha value is -1.14. The second-order valence-corrected chi connectivity index (χ2v) is 9.46. The predicted octanol–water partition coefficient (Wildman–Crippen LogP) is 2.99. The summed E-state index contributed by atoms with van der Waals surface area (Å²) in [6.07, 6.45) is -0.217. The van der Waals surface area contributed by atoms with E-state index in [9.17, 15) is 4.79 Å². The van der Waals surface area contributed by atoms with E-state index in [-0.39, 0.29) is 30.1 Å². The quantitative estimate of drug-likeness (QED) is 0.321. The highest BCUT2D eigenvalue weighted by Crippen LogP contribution is 2.17. The molecule has 2 heterocycles. The summed E-state index contributed by atoms with van der Waals surface area (Å²) in [6.45, 7) is 18.1. The number of nitrogens with zero attached hydrogens (tertiary/aromatic N) is 4. The summed E-state index contributed by atoms with van der Waals surface area (Å²) in [7, 11) is 0. The van der Waals surface area contributed by atoms with Gasteiger partial charge in [-0.25, -0.2) is 14.8 Å². The van der Waals surface area contributed by atoms with Crippen LogP contribution in [0.2, 0.25) is 0 Å². The van der Waals surface area contributed by atoms with Gasteiger partial charge < -0.3 is 20.3 Å². The Bertz CT molecular complexity index is 696. The summed E-state index contributed by atoms with van der Waals surface area (Å²) in [5.74, 6) is 0.824. The smallest absolute Gasteiger partial charge is 0.410 e. The van der Waals surface area contributed by atoms with Gasteiger partial charge in [-0.15, -0.1) is 35.3 Å². The first-order chi connectivity index (χ1) is 13.7. The number of rotatable bonds is 6. The van der Waals surface area contributed by atoms with Gasteiger partial charge in [-0.2, -0.15) is 0 Å². The number of piperazine rings is 1. The van der Waals surface area contributed by atoms with E-state index < -0.39 is 5.60 Å². The minimum Gasteiger partial charge on any atom is -0.444 e. The lowest BCUT2D eigenvalue weighted by Gasteiger charge is -2.35. The van der Waals surface area contributed by atoms with E-state index in [4.69, 9.17) is 4.74 Å². The fraction of sp³-hybridized carbons (Fsp3) is 0.750. The number of aromatic nitrogens is 1. The number of thiazole rings is 1. The van der Waals surface area contributed by atoms with Crippen LogP contribution < -0.4 is 10.6 Å². The summed E-state index contributed by atoms with van der Waals surface area (Å²) < 4.78 is 5.45. The molecule has 0 atom stereocenters. The van der Waals surface area contributed by atoms with Crippen molar-refractivity contribution in [2.75, 3.05) is 45.8 Å². The van der Waals surface area contributed by atoms with Crippen molar-refractivity contribution in [2.24, 2.45) is 4.99 Å². The van der Waals surface area contributed by atoms with E-state index in [1.165, 1.54) is 4.88 Å². The van der Waals surface area contributed by atoms with Gasteiger partial charge in [-0.1, -0.05) is 0 Å². The first kappa shape index (κ1) is 26.9. The molecule has 1 aromatic heterocycles. The second kappa shape index (κ2) is 12.7. The van der Waals surface area contributed by atoms with Crippen molar-refractivity contribution < 1.29 is 9.53 Å². The lowest BCUT2D eigenvalue weighted by atomic mass is 10.2. The van der Waals surface area contributed by atoms with Crippen LogP contribution in [-0.4, -0.2) is 78.3 Å². The zero-order chi connectivity index (χ0) is 21.4. The molecular formula is C20H37IN6O2S. The van der Waals surface area contributed by atoms with E-state index in [1.54, 1.807) is 16.2 Å². The van der Waals surface area contributed by atoms with Gasteiger partial charge in [0.05, 0.1) is 17.2 Å². The molecule has 0 aromatic carbocycles. The maximum Gasteiger partial charge on any atom is 0.410 e. The number of nitrogens with one attached hydrogen (secondary N) is 2. The van der Waals surface area contributed by atoms with Gasteiger partial charge in [0.2, 0.25) is 0 Å².